The Morgan fingerprint density at radius 3 is 2.83 bits per heavy atom. The van der Waals surface area contributed by atoms with Gasteiger partial charge < -0.3 is 10.5 Å². The first-order valence-electron chi connectivity index (χ1n) is 3.08. The van der Waals surface area contributed by atoms with Gasteiger partial charge in [-0.05, 0) is 15.9 Å². The van der Waals surface area contributed by atoms with Crippen molar-refractivity contribution in [2.45, 2.75) is 0 Å². The van der Waals surface area contributed by atoms with Crippen LogP contribution in [0.3, 0.4) is 0 Å². The second-order valence-electron chi connectivity index (χ2n) is 2.01. The fourth-order valence-corrected chi connectivity index (χ4v) is 1.26. The van der Waals surface area contributed by atoms with Crippen molar-refractivity contribution in [1.82, 2.24) is 4.98 Å². The molecule has 0 bridgehead atoms. The summed E-state index contributed by atoms with van der Waals surface area (Å²) in [5.41, 5.74) is 5.70. The van der Waals surface area contributed by atoms with Gasteiger partial charge >= 0.3 is 0 Å². The van der Waals surface area contributed by atoms with E-state index in [1.54, 1.807) is 0 Å². The number of anilines is 1. The van der Waals surface area contributed by atoms with Crippen molar-refractivity contribution in [3.63, 3.8) is 0 Å². The molecule has 0 aromatic carbocycles. The summed E-state index contributed by atoms with van der Waals surface area (Å²) < 4.78 is 5.58. The van der Waals surface area contributed by atoms with E-state index in [-0.39, 0.29) is 11.4 Å². The zero-order valence-electron chi connectivity index (χ0n) is 6.34. The molecule has 0 aliphatic heterocycles. The van der Waals surface area contributed by atoms with E-state index in [0.29, 0.717) is 10.2 Å². The molecular weight excluding hydrogens is 222 g/mol. The number of nitriles is 1. The first-order chi connectivity index (χ1) is 5.70. The number of nitrogens with two attached hydrogens (primary N) is 1. The molecular formula is C7H6BrN3O. The molecule has 1 aromatic rings. The van der Waals surface area contributed by atoms with Crippen LogP contribution in [0.4, 0.5) is 5.82 Å². The van der Waals surface area contributed by atoms with E-state index in [1.807, 2.05) is 6.07 Å². The molecule has 0 atom stereocenters. The van der Waals surface area contributed by atoms with Crippen molar-refractivity contribution in [2.75, 3.05) is 12.8 Å². The lowest BCUT2D eigenvalue weighted by Crippen LogP contribution is -1.98. The zero-order valence-corrected chi connectivity index (χ0v) is 7.92. The van der Waals surface area contributed by atoms with Crippen molar-refractivity contribution in [3.8, 4) is 11.8 Å². The maximum Gasteiger partial charge on any atom is 0.156 e. The van der Waals surface area contributed by atoms with E-state index in [0.717, 1.165) is 0 Å². The Morgan fingerprint density at radius 1 is 1.75 bits per heavy atom. The quantitative estimate of drug-likeness (QED) is 0.786. The number of pyridine rings is 1. The third-order valence-electron chi connectivity index (χ3n) is 1.33. The number of nitrogens with zero attached hydrogens (tertiary/aromatic N) is 2. The lowest BCUT2D eigenvalue weighted by molar-refractivity contribution is 0.410. The SMILES string of the molecule is COc1c(Br)cnc(N)c1C#N. The van der Waals surface area contributed by atoms with Gasteiger partial charge in [0.05, 0.1) is 11.6 Å². The Bertz CT molecular complexity index is 345. The summed E-state index contributed by atoms with van der Waals surface area (Å²) >= 11 is 3.19. The van der Waals surface area contributed by atoms with Gasteiger partial charge in [0, 0.05) is 6.20 Å². The summed E-state index contributed by atoms with van der Waals surface area (Å²) in [6, 6.07) is 1.91. The molecule has 4 nitrogen and oxygen atoms in total. The molecule has 0 saturated carbocycles. The number of methoxy groups -OCH3 is 1. The van der Waals surface area contributed by atoms with Gasteiger partial charge in [-0.3, -0.25) is 0 Å². The summed E-state index contributed by atoms with van der Waals surface area (Å²) in [6.45, 7) is 0. The minimum Gasteiger partial charge on any atom is -0.494 e. The molecule has 0 spiro atoms. The van der Waals surface area contributed by atoms with Gasteiger partial charge in [0.25, 0.3) is 0 Å². The molecule has 0 aliphatic rings. The van der Waals surface area contributed by atoms with E-state index < -0.39 is 0 Å². The molecule has 0 radical (unpaired) electrons. The highest BCUT2D eigenvalue weighted by atomic mass is 79.9. The monoisotopic (exact) mass is 227 g/mol. The molecule has 0 saturated heterocycles. The maximum atomic E-state index is 8.68. The predicted molar refractivity (Wildman–Crippen MR) is 47.6 cm³/mol. The Kier molecular flexibility index (Phi) is 2.51. The van der Waals surface area contributed by atoms with Crippen LogP contribution in [-0.4, -0.2) is 12.1 Å². The number of rotatable bonds is 1. The average molecular weight is 228 g/mol. The molecule has 12 heavy (non-hydrogen) atoms. The predicted octanol–water partition coefficient (Wildman–Crippen LogP) is 1.31. The van der Waals surface area contributed by atoms with Gasteiger partial charge in [-0.2, -0.15) is 5.26 Å². The largest absolute Gasteiger partial charge is 0.494 e. The second-order valence-corrected chi connectivity index (χ2v) is 2.87. The molecule has 1 aromatic heterocycles. The van der Waals surface area contributed by atoms with E-state index in [4.69, 9.17) is 15.7 Å². The highest BCUT2D eigenvalue weighted by molar-refractivity contribution is 9.10. The van der Waals surface area contributed by atoms with Crippen LogP contribution in [0.2, 0.25) is 0 Å². The van der Waals surface area contributed by atoms with Crippen LogP contribution in [-0.2, 0) is 0 Å². The summed E-state index contributed by atoms with van der Waals surface area (Å²) in [6.07, 6.45) is 1.50. The van der Waals surface area contributed by atoms with Gasteiger partial charge in [0.2, 0.25) is 0 Å². The first-order valence-corrected chi connectivity index (χ1v) is 3.88. The van der Waals surface area contributed by atoms with Gasteiger partial charge in [-0.1, -0.05) is 0 Å². The smallest absolute Gasteiger partial charge is 0.156 e. The summed E-state index contributed by atoms with van der Waals surface area (Å²) in [7, 11) is 1.47. The molecule has 1 heterocycles. The van der Waals surface area contributed by atoms with Crippen molar-refractivity contribution in [2.24, 2.45) is 0 Å². The van der Waals surface area contributed by atoms with Gasteiger partial charge in [-0.15, -0.1) is 0 Å². The van der Waals surface area contributed by atoms with Gasteiger partial charge in [-0.25, -0.2) is 4.98 Å². The Hall–Kier alpha value is -1.28. The minimum absolute atomic E-state index is 0.178. The third-order valence-corrected chi connectivity index (χ3v) is 1.90. The van der Waals surface area contributed by atoms with Crippen molar-refractivity contribution in [3.05, 3.63) is 16.2 Å². The van der Waals surface area contributed by atoms with Crippen LogP contribution in [0, 0.1) is 11.3 Å². The highest BCUT2D eigenvalue weighted by Gasteiger charge is 2.10. The summed E-state index contributed by atoms with van der Waals surface area (Å²) in [4.78, 5) is 3.79. The van der Waals surface area contributed by atoms with Crippen LogP contribution >= 0.6 is 15.9 Å². The molecule has 0 aliphatic carbocycles. The summed E-state index contributed by atoms with van der Waals surface area (Å²) in [5.74, 6) is 0.600. The van der Waals surface area contributed by atoms with Crippen LogP contribution in [0.1, 0.15) is 5.56 Å². The van der Waals surface area contributed by atoms with Crippen LogP contribution < -0.4 is 10.5 Å². The van der Waals surface area contributed by atoms with Crippen LogP contribution in [0.15, 0.2) is 10.7 Å². The van der Waals surface area contributed by atoms with Gasteiger partial charge in [0.1, 0.15) is 17.5 Å². The Morgan fingerprint density at radius 2 is 2.42 bits per heavy atom. The lowest BCUT2D eigenvalue weighted by Gasteiger charge is -2.05. The van der Waals surface area contributed by atoms with Crippen molar-refractivity contribution in [1.29, 1.82) is 5.26 Å². The first kappa shape index (κ1) is 8.81. The topological polar surface area (TPSA) is 71.9 Å². The average Bonchev–Trinajstić information content (AvgIpc) is 2.08. The third kappa shape index (κ3) is 1.34. The minimum atomic E-state index is 0.178. The Balaban J connectivity index is 3.41. The molecule has 1 rings (SSSR count). The van der Waals surface area contributed by atoms with E-state index >= 15 is 0 Å². The highest BCUT2D eigenvalue weighted by Crippen LogP contribution is 2.30. The number of aromatic nitrogens is 1. The van der Waals surface area contributed by atoms with Crippen molar-refractivity contribution >= 4 is 21.7 Å². The number of hydrogen-bond acceptors (Lipinski definition) is 4. The van der Waals surface area contributed by atoms with Crippen LogP contribution in [0.25, 0.3) is 0 Å². The molecule has 0 fully saturated rings. The zero-order chi connectivity index (χ0) is 9.14. The fraction of sp³-hybridized carbons (Fsp3) is 0.143. The van der Waals surface area contributed by atoms with Gasteiger partial charge in [0.15, 0.2) is 5.75 Å². The fourth-order valence-electron chi connectivity index (χ4n) is 0.793. The number of nitrogen functional groups attached to an aromatic ring is 1. The maximum absolute atomic E-state index is 8.68. The number of ether oxygens (including phenoxy) is 1. The molecule has 62 valence electrons. The number of halogens is 1. The molecule has 0 unspecified atom stereocenters. The second kappa shape index (κ2) is 3.41. The van der Waals surface area contributed by atoms with E-state index in [2.05, 4.69) is 20.9 Å². The molecule has 0 amide bonds. The van der Waals surface area contributed by atoms with E-state index in [1.165, 1.54) is 13.3 Å². The van der Waals surface area contributed by atoms with E-state index in [9.17, 15) is 0 Å². The van der Waals surface area contributed by atoms with Crippen LogP contribution in [0.5, 0.6) is 5.75 Å². The standard InChI is InChI=1S/C7H6BrN3O/c1-12-6-4(2-9)7(10)11-3-5(6)8/h3H,1H3,(H2,10,11). The lowest BCUT2D eigenvalue weighted by atomic mass is 10.2. The normalized spacial score (nSPS) is 9.08. The molecule has 5 heteroatoms. The Labute approximate surface area is 78.1 Å². The van der Waals surface area contributed by atoms with Crippen molar-refractivity contribution < 1.29 is 4.74 Å². The summed E-state index contributed by atoms with van der Waals surface area (Å²) in [5, 5.41) is 8.68. The number of hydrogen-bond donors (Lipinski definition) is 1. The molecule has 2 N–H and O–H groups in total.